The van der Waals surface area contributed by atoms with Crippen LogP contribution in [0.3, 0.4) is 0 Å². The van der Waals surface area contributed by atoms with Gasteiger partial charge in [-0.2, -0.15) is 0 Å². The van der Waals surface area contributed by atoms with Crippen molar-refractivity contribution in [1.82, 2.24) is 0 Å². The molecule has 1 unspecified atom stereocenters. The highest BCUT2D eigenvalue weighted by atomic mass is 32.2. The number of amidine groups is 1. The van der Waals surface area contributed by atoms with Gasteiger partial charge in [0.05, 0.1) is 17.9 Å². The number of nitrogens with zero attached hydrogens (tertiary/aromatic N) is 2. The molecule has 1 atom stereocenters. The number of ether oxygens (including phenoxy) is 1. The fraction of sp³-hybridized carbons (Fsp3) is 0.233. The van der Waals surface area contributed by atoms with Gasteiger partial charge in [-0.3, -0.25) is 9.69 Å². The predicted octanol–water partition coefficient (Wildman–Crippen LogP) is 6.43. The highest BCUT2D eigenvalue weighted by Gasteiger charge is 2.35. The minimum atomic E-state index is -0.537. The van der Waals surface area contributed by atoms with Crippen molar-refractivity contribution in [3.05, 3.63) is 107 Å². The van der Waals surface area contributed by atoms with E-state index in [1.807, 2.05) is 105 Å². The monoisotopic (exact) mass is 513 g/mol. The van der Waals surface area contributed by atoms with Gasteiger partial charge in [-0.1, -0.05) is 66.4 Å². The first kappa shape index (κ1) is 26.2. The summed E-state index contributed by atoms with van der Waals surface area (Å²) in [7, 11) is 0. The van der Waals surface area contributed by atoms with Crippen LogP contribution in [0.1, 0.15) is 36.6 Å². The van der Waals surface area contributed by atoms with Gasteiger partial charge in [-0.25, -0.2) is 9.79 Å². The van der Waals surface area contributed by atoms with Crippen molar-refractivity contribution in [1.29, 1.82) is 0 Å². The van der Waals surface area contributed by atoms with E-state index in [0.29, 0.717) is 10.7 Å². The summed E-state index contributed by atoms with van der Waals surface area (Å²) in [4.78, 5) is 33.0. The second-order valence-corrected chi connectivity index (χ2v) is 9.69. The zero-order chi connectivity index (χ0) is 26.4. The molecule has 6 nitrogen and oxygen atoms in total. The van der Waals surface area contributed by atoms with Gasteiger partial charge in [-0.05, 0) is 68.7 Å². The van der Waals surface area contributed by atoms with Crippen LogP contribution in [0.5, 0.6) is 0 Å². The third-order valence-electron chi connectivity index (χ3n) is 6.18. The molecule has 37 heavy (non-hydrogen) atoms. The first-order valence-corrected chi connectivity index (χ1v) is 13.2. The largest absolute Gasteiger partial charge is 0.463 e. The Bertz CT molecular complexity index is 1340. The summed E-state index contributed by atoms with van der Waals surface area (Å²) in [6.45, 7) is 8.03. The lowest BCUT2D eigenvalue weighted by atomic mass is 9.96. The number of allylic oxidation sites excluding steroid dienone is 1. The minimum absolute atomic E-state index is 0.127. The maximum absolute atomic E-state index is 13.1. The number of hydrogen-bond acceptors (Lipinski definition) is 6. The van der Waals surface area contributed by atoms with Crippen molar-refractivity contribution < 1.29 is 14.3 Å². The van der Waals surface area contributed by atoms with Crippen molar-refractivity contribution in [3.8, 4) is 0 Å². The number of amides is 1. The number of aliphatic imine (C=N–C) groups is 1. The number of thioether (sulfide) groups is 1. The molecule has 0 radical (unpaired) electrons. The molecule has 7 heteroatoms. The number of nitrogens with one attached hydrogen (secondary N) is 1. The number of carbonyl (C=O) groups excluding carboxylic acids is 2. The van der Waals surface area contributed by atoms with Gasteiger partial charge in [0.25, 0.3) is 0 Å². The van der Waals surface area contributed by atoms with E-state index in [-0.39, 0.29) is 18.3 Å². The zero-order valence-electron chi connectivity index (χ0n) is 21.5. The summed E-state index contributed by atoms with van der Waals surface area (Å²) in [5, 5.41) is 3.62. The standard InChI is InChI=1S/C30H31N3O3S/c1-5-36-29(35)27-22(4)33(25-14-10-7-11-15-25)30(32-28(27)23-12-8-6-9-13-23)37-19-26(34)31-24-17-16-20(2)21(3)18-24/h6-18,28H,5,19H2,1-4H3,(H,31,34). The second kappa shape index (κ2) is 11.9. The number of carbonyl (C=O) groups is 2. The molecule has 0 aromatic heterocycles. The molecule has 1 heterocycles. The lowest BCUT2D eigenvalue weighted by Crippen LogP contribution is -2.36. The molecule has 1 aliphatic rings. The molecule has 1 amide bonds. The van der Waals surface area contributed by atoms with E-state index in [1.165, 1.54) is 17.3 Å². The van der Waals surface area contributed by atoms with Gasteiger partial charge in [-0.15, -0.1) is 0 Å². The van der Waals surface area contributed by atoms with E-state index in [0.717, 1.165) is 28.2 Å². The number of benzene rings is 3. The molecular weight excluding hydrogens is 482 g/mol. The average molecular weight is 514 g/mol. The van der Waals surface area contributed by atoms with Crippen LogP contribution in [0.4, 0.5) is 11.4 Å². The molecule has 3 aromatic rings. The van der Waals surface area contributed by atoms with Crippen LogP contribution in [-0.4, -0.2) is 29.4 Å². The molecular formula is C30H31N3O3S. The first-order chi connectivity index (χ1) is 17.9. The number of hydrogen-bond donors (Lipinski definition) is 1. The molecule has 4 rings (SSSR count). The summed E-state index contributed by atoms with van der Waals surface area (Å²) in [6, 6.07) is 24.7. The maximum atomic E-state index is 13.1. The second-order valence-electron chi connectivity index (χ2n) is 8.75. The molecule has 0 spiro atoms. The van der Waals surface area contributed by atoms with E-state index < -0.39 is 12.0 Å². The lowest BCUT2D eigenvalue weighted by molar-refractivity contribution is -0.138. The summed E-state index contributed by atoms with van der Waals surface area (Å²) >= 11 is 1.34. The van der Waals surface area contributed by atoms with Gasteiger partial charge in [0.2, 0.25) is 5.91 Å². The van der Waals surface area contributed by atoms with Crippen molar-refractivity contribution in [2.45, 2.75) is 33.7 Å². The molecule has 190 valence electrons. The maximum Gasteiger partial charge on any atom is 0.338 e. The Balaban J connectivity index is 1.68. The molecule has 0 saturated carbocycles. The molecule has 0 bridgehead atoms. The van der Waals surface area contributed by atoms with Crippen LogP contribution in [-0.2, 0) is 14.3 Å². The number of para-hydroxylation sites is 1. The summed E-state index contributed by atoms with van der Waals surface area (Å²) in [5.41, 5.74) is 6.02. The van der Waals surface area contributed by atoms with E-state index in [9.17, 15) is 9.59 Å². The van der Waals surface area contributed by atoms with Crippen LogP contribution < -0.4 is 10.2 Å². The summed E-state index contributed by atoms with van der Waals surface area (Å²) < 4.78 is 5.44. The van der Waals surface area contributed by atoms with E-state index in [2.05, 4.69) is 5.32 Å². The highest BCUT2D eigenvalue weighted by molar-refractivity contribution is 8.14. The Labute approximate surface area is 222 Å². The van der Waals surface area contributed by atoms with Crippen LogP contribution in [0.2, 0.25) is 0 Å². The Morgan fingerprint density at radius 1 is 0.946 bits per heavy atom. The fourth-order valence-electron chi connectivity index (χ4n) is 4.17. The summed E-state index contributed by atoms with van der Waals surface area (Å²) in [6.07, 6.45) is 0. The predicted molar refractivity (Wildman–Crippen MR) is 152 cm³/mol. The van der Waals surface area contributed by atoms with Crippen molar-refractivity contribution in [2.75, 3.05) is 22.6 Å². The third kappa shape index (κ3) is 6.12. The Kier molecular flexibility index (Phi) is 8.46. The van der Waals surface area contributed by atoms with Crippen molar-refractivity contribution in [3.63, 3.8) is 0 Å². The van der Waals surface area contributed by atoms with Gasteiger partial charge in [0.15, 0.2) is 5.17 Å². The number of rotatable bonds is 7. The molecule has 1 N–H and O–H groups in total. The quantitative estimate of drug-likeness (QED) is 0.369. The Morgan fingerprint density at radius 3 is 2.27 bits per heavy atom. The fourth-order valence-corrected chi connectivity index (χ4v) is 5.05. The molecule has 0 aliphatic carbocycles. The van der Waals surface area contributed by atoms with Gasteiger partial charge in [0, 0.05) is 17.1 Å². The van der Waals surface area contributed by atoms with Crippen LogP contribution in [0.25, 0.3) is 0 Å². The van der Waals surface area contributed by atoms with Crippen LogP contribution in [0.15, 0.2) is 95.1 Å². The minimum Gasteiger partial charge on any atom is -0.463 e. The highest BCUT2D eigenvalue weighted by Crippen LogP contribution is 2.39. The van der Waals surface area contributed by atoms with Gasteiger partial charge in [0.1, 0.15) is 6.04 Å². The van der Waals surface area contributed by atoms with Gasteiger partial charge >= 0.3 is 5.97 Å². The molecule has 0 saturated heterocycles. The number of anilines is 2. The SMILES string of the molecule is CCOC(=O)C1=C(C)N(c2ccccc2)C(SCC(=O)Nc2ccc(C)c(C)c2)=NC1c1ccccc1. The molecule has 3 aromatic carbocycles. The first-order valence-electron chi connectivity index (χ1n) is 12.2. The van der Waals surface area contributed by atoms with Crippen LogP contribution >= 0.6 is 11.8 Å². The van der Waals surface area contributed by atoms with Gasteiger partial charge < -0.3 is 10.1 Å². The topological polar surface area (TPSA) is 71.0 Å². The Morgan fingerprint density at radius 2 is 1.62 bits per heavy atom. The third-order valence-corrected chi connectivity index (χ3v) is 7.13. The van der Waals surface area contributed by atoms with E-state index in [4.69, 9.17) is 9.73 Å². The van der Waals surface area contributed by atoms with E-state index >= 15 is 0 Å². The zero-order valence-corrected chi connectivity index (χ0v) is 22.3. The molecule has 0 fully saturated rings. The Hall–Kier alpha value is -3.84. The average Bonchev–Trinajstić information content (AvgIpc) is 2.90. The number of aryl methyl sites for hydroxylation is 2. The van der Waals surface area contributed by atoms with E-state index in [1.54, 1.807) is 6.92 Å². The normalized spacial score (nSPS) is 15.3. The van der Waals surface area contributed by atoms with Crippen molar-refractivity contribution >= 4 is 40.2 Å². The smallest absolute Gasteiger partial charge is 0.338 e. The van der Waals surface area contributed by atoms with Crippen molar-refractivity contribution in [2.24, 2.45) is 4.99 Å². The lowest BCUT2D eigenvalue weighted by Gasteiger charge is -2.34. The number of esters is 1. The molecule has 1 aliphatic heterocycles. The van der Waals surface area contributed by atoms with Crippen LogP contribution in [0, 0.1) is 13.8 Å². The summed E-state index contributed by atoms with van der Waals surface area (Å²) in [5.74, 6) is -0.355.